The molecule has 20 heavy (non-hydrogen) atoms. The van der Waals surface area contributed by atoms with Gasteiger partial charge in [-0.15, -0.1) is 0 Å². The van der Waals surface area contributed by atoms with Crippen molar-refractivity contribution in [2.45, 2.75) is 52.5 Å². The molecule has 0 aromatic carbocycles. The summed E-state index contributed by atoms with van der Waals surface area (Å²) in [5, 5.41) is 3.39. The zero-order valence-corrected chi connectivity index (χ0v) is 13.5. The molecule has 1 aromatic rings. The van der Waals surface area contributed by atoms with Crippen LogP contribution in [0.1, 0.15) is 52.0 Å². The van der Waals surface area contributed by atoms with Gasteiger partial charge >= 0.3 is 0 Å². The highest BCUT2D eigenvalue weighted by atomic mass is 15.1. The predicted octanol–water partition coefficient (Wildman–Crippen LogP) is 2.71. The van der Waals surface area contributed by atoms with Gasteiger partial charge in [0.05, 0.1) is 0 Å². The van der Waals surface area contributed by atoms with E-state index >= 15 is 0 Å². The minimum atomic E-state index is 0.325. The van der Waals surface area contributed by atoms with Crippen molar-refractivity contribution in [1.29, 1.82) is 0 Å². The van der Waals surface area contributed by atoms with Crippen molar-refractivity contribution in [1.82, 2.24) is 14.9 Å². The first kappa shape index (κ1) is 16.7. The van der Waals surface area contributed by atoms with E-state index in [1.165, 1.54) is 12.7 Å². The maximum Gasteiger partial charge on any atom is 0.134 e. The van der Waals surface area contributed by atoms with Crippen LogP contribution in [0.4, 0.5) is 11.6 Å². The molecular formula is C15H29N5. The first-order valence-corrected chi connectivity index (χ1v) is 7.48. The molecule has 1 rings (SSSR count). The highest BCUT2D eigenvalue weighted by molar-refractivity contribution is 5.56. The quantitative estimate of drug-likeness (QED) is 0.716. The summed E-state index contributed by atoms with van der Waals surface area (Å²) in [6.45, 7) is 10.7. The van der Waals surface area contributed by atoms with Crippen molar-refractivity contribution >= 4 is 11.6 Å². The first-order chi connectivity index (χ1) is 9.43. The summed E-state index contributed by atoms with van der Waals surface area (Å²) in [5.41, 5.74) is 6.95. The monoisotopic (exact) mass is 279 g/mol. The fraction of sp³-hybridized carbons (Fsp3) is 0.733. The third-order valence-corrected chi connectivity index (χ3v) is 3.60. The summed E-state index contributed by atoms with van der Waals surface area (Å²) >= 11 is 0. The molecule has 0 bridgehead atoms. The van der Waals surface area contributed by atoms with Gasteiger partial charge in [0.1, 0.15) is 18.0 Å². The number of nitrogens with two attached hydrogens (primary N) is 1. The summed E-state index contributed by atoms with van der Waals surface area (Å²) in [6, 6.07) is 0.608. The summed E-state index contributed by atoms with van der Waals surface area (Å²) in [5.74, 6) is 1.78. The average Bonchev–Trinajstić information content (AvgIpc) is 2.37. The minimum absolute atomic E-state index is 0.325. The molecule has 3 N–H and O–H groups in total. The molecule has 1 aromatic heterocycles. The van der Waals surface area contributed by atoms with Crippen LogP contribution in [0.25, 0.3) is 0 Å². The molecule has 0 radical (unpaired) electrons. The molecule has 0 spiro atoms. The lowest BCUT2D eigenvalue weighted by Gasteiger charge is -2.20. The minimum Gasteiger partial charge on any atom is -0.383 e. The molecule has 5 heteroatoms. The Labute approximate surface area is 123 Å². The standard InChI is InChI=1S/C15H29N5/c1-11(2)13-14(16)18-10-19-15(13)17-8-6-7-9-20(5)12(3)4/h10-12H,6-9H2,1-5H3,(H3,16,17,18,19). The van der Waals surface area contributed by atoms with E-state index in [1.54, 1.807) is 0 Å². The van der Waals surface area contributed by atoms with E-state index in [1.807, 2.05) is 0 Å². The number of aromatic nitrogens is 2. The second-order valence-electron chi connectivity index (χ2n) is 5.88. The van der Waals surface area contributed by atoms with Gasteiger partial charge in [-0.1, -0.05) is 13.8 Å². The number of anilines is 2. The summed E-state index contributed by atoms with van der Waals surface area (Å²) < 4.78 is 0. The topological polar surface area (TPSA) is 67.1 Å². The third-order valence-electron chi connectivity index (χ3n) is 3.60. The summed E-state index contributed by atoms with van der Waals surface area (Å²) in [4.78, 5) is 10.7. The highest BCUT2D eigenvalue weighted by Crippen LogP contribution is 2.26. The Bertz CT molecular complexity index is 403. The maximum absolute atomic E-state index is 5.93. The van der Waals surface area contributed by atoms with E-state index in [0.717, 1.165) is 30.9 Å². The number of nitrogen functional groups attached to an aromatic ring is 1. The van der Waals surface area contributed by atoms with Crippen LogP contribution in [-0.2, 0) is 0 Å². The Morgan fingerprint density at radius 1 is 1.20 bits per heavy atom. The number of hydrogen-bond acceptors (Lipinski definition) is 5. The average molecular weight is 279 g/mol. The Hall–Kier alpha value is -1.36. The normalized spacial score (nSPS) is 11.6. The van der Waals surface area contributed by atoms with Gasteiger partial charge in [-0.25, -0.2) is 9.97 Å². The first-order valence-electron chi connectivity index (χ1n) is 7.48. The summed E-state index contributed by atoms with van der Waals surface area (Å²) in [7, 11) is 2.17. The summed E-state index contributed by atoms with van der Waals surface area (Å²) in [6.07, 6.45) is 3.83. The van der Waals surface area contributed by atoms with Crippen LogP contribution in [0.5, 0.6) is 0 Å². The van der Waals surface area contributed by atoms with Crippen molar-refractivity contribution in [3.63, 3.8) is 0 Å². The number of rotatable bonds is 8. The molecule has 0 aliphatic heterocycles. The van der Waals surface area contributed by atoms with Gasteiger partial charge in [-0.2, -0.15) is 0 Å². The lowest BCUT2D eigenvalue weighted by Crippen LogP contribution is -2.27. The molecule has 5 nitrogen and oxygen atoms in total. The number of nitrogens with one attached hydrogen (secondary N) is 1. The number of nitrogens with zero attached hydrogens (tertiary/aromatic N) is 3. The van der Waals surface area contributed by atoms with E-state index < -0.39 is 0 Å². The Morgan fingerprint density at radius 2 is 1.90 bits per heavy atom. The van der Waals surface area contributed by atoms with Gasteiger partial charge in [0.25, 0.3) is 0 Å². The zero-order valence-electron chi connectivity index (χ0n) is 13.5. The molecule has 0 aliphatic carbocycles. The molecule has 0 atom stereocenters. The van der Waals surface area contributed by atoms with Crippen LogP contribution in [0.15, 0.2) is 6.33 Å². The van der Waals surface area contributed by atoms with Crippen molar-refractivity contribution in [2.75, 3.05) is 31.2 Å². The van der Waals surface area contributed by atoms with Crippen LogP contribution < -0.4 is 11.1 Å². The Kier molecular flexibility index (Phi) is 6.71. The molecule has 1 heterocycles. The smallest absolute Gasteiger partial charge is 0.134 e. The second-order valence-corrected chi connectivity index (χ2v) is 5.88. The lowest BCUT2D eigenvalue weighted by atomic mass is 10.0. The van der Waals surface area contributed by atoms with Gasteiger partial charge in [0.2, 0.25) is 0 Å². The largest absolute Gasteiger partial charge is 0.383 e. The SMILES string of the molecule is CC(C)c1c(N)ncnc1NCCCCN(C)C(C)C. The van der Waals surface area contributed by atoms with Gasteiger partial charge < -0.3 is 16.0 Å². The molecule has 0 saturated carbocycles. The van der Waals surface area contributed by atoms with E-state index in [2.05, 4.69) is 54.9 Å². The zero-order chi connectivity index (χ0) is 15.1. The van der Waals surface area contributed by atoms with Crippen LogP contribution in [0.3, 0.4) is 0 Å². The Balaban J connectivity index is 2.41. The van der Waals surface area contributed by atoms with E-state index in [0.29, 0.717) is 17.8 Å². The Morgan fingerprint density at radius 3 is 2.50 bits per heavy atom. The fourth-order valence-electron chi connectivity index (χ4n) is 2.07. The van der Waals surface area contributed by atoms with Crippen LogP contribution in [-0.4, -0.2) is 41.0 Å². The predicted molar refractivity (Wildman–Crippen MR) is 86.0 cm³/mol. The number of hydrogen-bond donors (Lipinski definition) is 2. The van der Waals surface area contributed by atoms with Gasteiger partial charge in [0, 0.05) is 18.2 Å². The van der Waals surface area contributed by atoms with Gasteiger partial charge in [0.15, 0.2) is 0 Å². The third kappa shape index (κ3) is 4.96. The van der Waals surface area contributed by atoms with Gasteiger partial charge in [-0.3, -0.25) is 0 Å². The van der Waals surface area contributed by atoms with Gasteiger partial charge in [-0.05, 0) is 46.2 Å². The van der Waals surface area contributed by atoms with Crippen molar-refractivity contribution in [2.24, 2.45) is 0 Å². The van der Waals surface area contributed by atoms with Crippen LogP contribution >= 0.6 is 0 Å². The highest BCUT2D eigenvalue weighted by Gasteiger charge is 2.12. The van der Waals surface area contributed by atoms with Crippen molar-refractivity contribution < 1.29 is 0 Å². The molecule has 114 valence electrons. The molecule has 0 fully saturated rings. The number of unbranched alkanes of at least 4 members (excludes halogenated alkanes) is 1. The van der Waals surface area contributed by atoms with Crippen molar-refractivity contribution in [3.05, 3.63) is 11.9 Å². The van der Waals surface area contributed by atoms with Crippen LogP contribution in [0.2, 0.25) is 0 Å². The van der Waals surface area contributed by atoms with E-state index in [-0.39, 0.29) is 0 Å². The van der Waals surface area contributed by atoms with E-state index in [4.69, 9.17) is 5.73 Å². The van der Waals surface area contributed by atoms with Crippen LogP contribution in [0, 0.1) is 0 Å². The fourth-order valence-corrected chi connectivity index (χ4v) is 2.07. The van der Waals surface area contributed by atoms with Crippen molar-refractivity contribution in [3.8, 4) is 0 Å². The molecular weight excluding hydrogens is 250 g/mol. The molecule has 0 saturated heterocycles. The molecule has 0 amide bonds. The second kappa shape index (κ2) is 8.04. The molecule has 0 aliphatic rings. The molecule has 0 unspecified atom stereocenters. The van der Waals surface area contributed by atoms with E-state index in [9.17, 15) is 0 Å². The lowest BCUT2D eigenvalue weighted by molar-refractivity contribution is 0.269. The maximum atomic E-state index is 5.93.